The number of fused-ring (bicyclic) bond motifs is 1. The summed E-state index contributed by atoms with van der Waals surface area (Å²) in [5.74, 6) is 0. The molecular weight excluding hydrogens is 342 g/mol. The number of aromatic nitrogens is 1. The highest BCUT2D eigenvalue weighted by Gasteiger charge is 2.27. The Labute approximate surface area is 152 Å². The van der Waals surface area contributed by atoms with E-state index in [4.69, 9.17) is 0 Å². The highest BCUT2D eigenvalue weighted by atomic mass is 32.2. The summed E-state index contributed by atoms with van der Waals surface area (Å²) in [6.45, 7) is 1.76. The van der Waals surface area contributed by atoms with Crippen LogP contribution in [-0.2, 0) is 9.84 Å². The second kappa shape index (κ2) is 6.39. The molecule has 0 amide bonds. The number of aryl methyl sites for hydroxylation is 1. The van der Waals surface area contributed by atoms with Crippen LogP contribution < -0.4 is 0 Å². The molecule has 3 aromatic carbocycles. The number of sulfone groups is 1. The summed E-state index contributed by atoms with van der Waals surface area (Å²) in [6, 6.07) is 25.8. The first-order chi connectivity index (χ1) is 12.6. The van der Waals surface area contributed by atoms with Crippen molar-refractivity contribution in [2.45, 2.75) is 16.7 Å². The Kier molecular flexibility index (Phi) is 4.05. The molecular formula is C22H17NO2S. The van der Waals surface area contributed by atoms with Gasteiger partial charge in [0.25, 0.3) is 0 Å². The van der Waals surface area contributed by atoms with Crippen molar-refractivity contribution in [3.63, 3.8) is 0 Å². The van der Waals surface area contributed by atoms with E-state index in [0.29, 0.717) is 11.3 Å². The standard InChI is InChI=1S/C22H17NO2S/c1-16-22(26(24,25)18-12-6-3-7-13-18)21(17-10-4-2-5-11-17)19-14-8-9-15-20(19)23-16/h2-15H,1H3. The number of para-hydroxylation sites is 1. The van der Waals surface area contributed by atoms with Gasteiger partial charge in [0, 0.05) is 10.9 Å². The van der Waals surface area contributed by atoms with Crippen LogP contribution in [0.5, 0.6) is 0 Å². The van der Waals surface area contributed by atoms with Crippen molar-refractivity contribution in [1.82, 2.24) is 4.98 Å². The lowest BCUT2D eigenvalue weighted by Crippen LogP contribution is -2.08. The van der Waals surface area contributed by atoms with Gasteiger partial charge >= 0.3 is 0 Å². The lowest BCUT2D eigenvalue weighted by Gasteiger charge is -2.16. The summed E-state index contributed by atoms with van der Waals surface area (Å²) in [5, 5.41) is 0.832. The maximum Gasteiger partial charge on any atom is 0.209 e. The second-order valence-electron chi connectivity index (χ2n) is 6.10. The molecule has 0 N–H and O–H groups in total. The third kappa shape index (κ3) is 2.68. The fourth-order valence-corrected chi connectivity index (χ4v) is 4.94. The molecule has 1 heterocycles. The van der Waals surface area contributed by atoms with E-state index in [2.05, 4.69) is 4.98 Å². The highest BCUT2D eigenvalue weighted by molar-refractivity contribution is 7.91. The molecule has 4 aromatic rings. The van der Waals surface area contributed by atoms with Gasteiger partial charge in [0.1, 0.15) is 4.90 Å². The van der Waals surface area contributed by atoms with Crippen molar-refractivity contribution >= 4 is 20.7 Å². The molecule has 0 aliphatic carbocycles. The van der Waals surface area contributed by atoms with E-state index in [9.17, 15) is 8.42 Å². The van der Waals surface area contributed by atoms with E-state index in [1.807, 2.05) is 60.7 Å². The summed E-state index contributed by atoms with van der Waals surface area (Å²) in [7, 11) is -3.70. The minimum atomic E-state index is -3.70. The van der Waals surface area contributed by atoms with E-state index in [1.54, 1.807) is 31.2 Å². The third-order valence-electron chi connectivity index (χ3n) is 4.40. The van der Waals surface area contributed by atoms with Gasteiger partial charge in [0.2, 0.25) is 9.84 Å². The molecule has 4 rings (SSSR count). The minimum Gasteiger partial charge on any atom is -0.252 e. The van der Waals surface area contributed by atoms with Gasteiger partial charge in [-0.2, -0.15) is 0 Å². The molecule has 0 unspecified atom stereocenters. The Morgan fingerprint density at radius 3 is 2.00 bits per heavy atom. The van der Waals surface area contributed by atoms with E-state index in [0.717, 1.165) is 16.5 Å². The van der Waals surface area contributed by atoms with Gasteiger partial charge in [-0.1, -0.05) is 66.7 Å². The lowest BCUT2D eigenvalue weighted by atomic mass is 10.00. The lowest BCUT2D eigenvalue weighted by molar-refractivity contribution is 0.595. The van der Waals surface area contributed by atoms with Crippen LogP contribution in [0.3, 0.4) is 0 Å². The predicted octanol–water partition coefficient (Wildman–Crippen LogP) is 5.04. The summed E-state index contributed by atoms with van der Waals surface area (Å²) < 4.78 is 26.9. The van der Waals surface area contributed by atoms with E-state index < -0.39 is 9.84 Å². The second-order valence-corrected chi connectivity index (χ2v) is 7.99. The zero-order valence-corrected chi connectivity index (χ0v) is 15.1. The number of hydrogen-bond acceptors (Lipinski definition) is 3. The zero-order chi connectivity index (χ0) is 18.1. The third-order valence-corrected chi connectivity index (χ3v) is 6.33. The fraction of sp³-hybridized carbons (Fsp3) is 0.0455. The van der Waals surface area contributed by atoms with Crippen LogP contribution in [0.1, 0.15) is 5.69 Å². The topological polar surface area (TPSA) is 47.0 Å². The maximum absolute atomic E-state index is 13.5. The van der Waals surface area contributed by atoms with Crippen molar-refractivity contribution < 1.29 is 8.42 Å². The van der Waals surface area contributed by atoms with Crippen LogP contribution in [0.25, 0.3) is 22.0 Å². The average molecular weight is 359 g/mol. The van der Waals surface area contributed by atoms with E-state index >= 15 is 0 Å². The molecule has 3 nitrogen and oxygen atoms in total. The summed E-state index contributed by atoms with van der Waals surface area (Å²) >= 11 is 0. The van der Waals surface area contributed by atoms with Gasteiger partial charge in [-0.05, 0) is 30.7 Å². The van der Waals surface area contributed by atoms with Gasteiger partial charge in [0.15, 0.2) is 0 Å². The molecule has 0 radical (unpaired) electrons. The Morgan fingerprint density at radius 1 is 0.731 bits per heavy atom. The van der Waals surface area contributed by atoms with E-state index in [-0.39, 0.29) is 9.79 Å². The molecule has 0 bridgehead atoms. The largest absolute Gasteiger partial charge is 0.252 e. The first-order valence-electron chi connectivity index (χ1n) is 8.34. The summed E-state index contributed by atoms with van der Waals surface area (Å²) in [5.41, 5.74) is 2.86. The van der Waals surface area contributed by atoms with Crippen molar-refractivity contribution in [2.24, 2.45) is 0 Å². The van der Waals surface area contributed by atoms with Crippen molar-refractivity contribution in [3.8, 4) is 11.1 Å². The monoisotopic (exact) mass is 359 g/mol. The van der Waals surface area contributed by atoms with Crippen LogP contribution in [0.15, 0.2) is 94.7 Å². The van der Waals surface area contributed by atoms with Crippen LogP contribution in [-0.4, -0.2) is 13.4 Å². The van der Waals surface area contributed by atoms with Crippen molar-refractivity contribution in [3.05, 3.63) is 90.6 Å². The van der Waals surface area contributed by atoms with Crippen molar-refractivity contribution in [1.29, 1.82) is 0 Å². The predicted molar refractivity (Wildman–Crippen MR) is 104 cm³/mol. The number of pyridine rings is 1. The highest BCUT2D eigenvalue weighted by Crippen LogP contribution is 2.38. The quantitative estimate of drug-likeness (QED) is 0.515. The van der Waals surface area contributed by atoms with Gasteiger partial charge in [-0.15, -0.1) is 0 Å². The number of benzene rings is 3. The molecule has 0 fully saturated rings. The number of rotatable bonds is 3. The molecule has 0 saturated heterocycles. The van der Waals surface area contributed by atoms with Gasteiger partial charge in [-0.25, -0.2) is 8.42 Å². The Bertz CT molecular complexity index is 1180. The zero-order valence-electron chi connectivity index (χ0n) is 14.3. The molecule has 0 aliphatic rings. The van der Waals surface area contributed by atoms with Gasteiger partial charge in [0.05, 0.1) is 16.1 Å². The van der Waals surface area contributed by atoms with E-state index in [1.165, 1.54) is 0 Å². The van der Waals surface area contributed by atoms with Gasteiger partial charge in [-0.3, -0.25) is 4.98 Å². The summed E-state index contributed by atoms with van der Waals surface area (Å²) in [6.07, 6.45) is 0. The Balaban J connectivity index is 2.15. The van der Waals surface area contributed by atoms with Crippen LogP contribution in [0, 0.1) is 6.92 Å². The molecule has 0 atom stereocenters. The number of hydrogen-bond donors (Lipinski definition) is 0. The normalized spacial score (nSPS) is 11.6. The molecule has 128 valence electrons. The molecule has 0 aliphatic heterocycles. The van der Waals surface area contributed by atoms with Crippen LogP contribution in [0.4, 0.5) is 0 Å². The summed E-state index contributed by atoms with van der Waals surface area (Å²) in [4.78, 5) is 5.12. The van der Waals surface area contributed by atoms with Crippen molar-refractivity contribution in [2.75, 3.05) is 0 Å². The molecule has 0 saturated carbocycles. The molecule has 0 spiro atoms. The molecule has 1 aromatic heterocycles. The fourth-order valence-electron chi connectivity index (χ4n) is 3.25. The van der Waals surface area contributed by atoms with Crippen LogP contribution >= 0.6 is 0 Å². The molecule has 4 heteroatoms. The SMILES string of the molecule is Cc1nc2ccccc2c(-c2ccccc2)c1S(=O)(=O)c1ccccc1. The average Bonchev–Trinajstić information content (AvgIpc) is 2.68. The Hall–Kier alpha value is -2.98. The minimum absolute atomic E-state index is 0.272. The maximum atomic E-state index is 13.5. The smallest absolute Gasteiger partial charge is 0.209 e. The molecule has 26 heavy (non-hydrogen) atoms. The number of nitrogens with zero attached hydrogens (tertiary/aromatic N) is 1. The Morgan fingerprint density at radius 2 is 1.31 bits per heavy atom. The van der Waals surface area contributed by atoms with Crippen LogP contribution in [0.2, 0.25) is 0 Å². The first kappa shape index (κ1) is 16.5. The van der Waals surface area contributed by atoms with Gasteiger partial charge < -0.3 is 0 Å². The first-order valence-corrected chi connectivity index (χ1v) is 9.82.